The molecule has 2 N–H and O–H groups in total. The van der Waals surface area contributed by atoms with Crippen molar-refractivity contribution >= 4 is 23.7 Å². The van der Waals surface area contributed by atoms with Crippen LogP contribution in [0.2, 0.25) is 0 Å². The highest BCUT2D eigenvalue weighted by atomic mass is 16.6. The Morgan fingerprint density at radius 2 is 2.07 bits per heavy atom. The Hall–Kier alpha value is -2.89. The Bertz CT molecular complexity index is 898. The average Bonchev–Trinajstić information content (AvgIpc) is 2.60. The molecule has 1 amide bonds. The highest BCUT2D eigenvalue weighted by molar-refractivity contribution is 5.86. The smallest absolute Gasteiger partial charge is 0.413 e. The molecule has 0 fully saturated rings. The molecular formula is C21H26N4O2. The second-order valence-electron chi connectivity index (χ2n) is 7.63. The van der Waals surface area contributed by atoms with E-state index in [4.69, 9.17) is 4.74 Å². The van der Waals surface area contributed by atoms with Gasteiger partial charge in [-0.05, 0) is 68.5 Å². The van der Waals surface area contributed by atoms with Gasteiger partial charge in [-0.15, -0.1) is 0 Å². The maximum atomic E-state index is 11.9. The van der Waals surface area contributed by atoms with E-state index in [1.165, 1.54) is 11.1 Å². The van der Waals surface area contributed by atoms with Gasteiger partial charge in [0.2, 0.25) is 0 Å². The number of nitrogens with zero attached hydrogens (tertiary/aromatic N) is 2. The van der Waals surface area contributed by atoms with Crippen LogP contribution in [0.4, 0.5) is 10.6 Å². The number of fused-ring (bicyclic) bond motifs is 1. The molecular weight excluding hydrogens is 340 g/mol. The van der Waals surface area contributed by atoms with Crippen molar-refractivity contribution in [2.75, 3.05) is 5.32 Å². The zero-order valence-corrected chi connectivity index (χ0v) is 16.5. The molecule has 0 spiro atoms. The van der Waals surface area contributed by atoms with Crippen LogP contribution in [0.25, 0.3) is 11.8 Å². The first kappa shape index (κ1) is 18.9. The minimum absolute atomic E-state index is 0.479. The number of aromatic nitrogens is 2. The molecule has 142 valence electrons. The van der Waals surface area contributed by atoms with Crippen LogP contribution in [-0.4, -0.2) is 21.7 Å². The number of aryl methyl sites for hydroxylation is 1. The van der Waals surface area contributed by atoms with Crippen LogP contribution in [0, 0.1) is 6.92 Å². The van der Waals surface area contributed by atoms with E-state index < -0.39 is 11.7 Å². The first-order valence-corrected chi connectivity index (χ1v) is 9.15. The van der Waals surface area contributed by atoms with E-state index in [0.29, 0.717) is 12.4 Å². The molecule has 6 nitrogen and oxygen atoms in total. The van der Waals surface area contributed by atoms with Crippen LogP contribution in [0.3, 0.4) is 0 Å². The summed E-state index contributed by atoms with van der Waals surface area (Å²) >= 11 is 0. The number of nitrogens with one attached hydrogen (secondary N) is 2. The summed E-state index contributed by atoms with van der Waals surface area (Å²) in [6, 6.07) is 1.87. The molecule has 2 aromatic heterocycles. The lowest BCUT2D eigenvalue weighted by molar-refractivity contribution is 0.0635. The molecule has 0 saturated heterocycles. The minimum atomic E-state index is -0.545. The van der Waals surface area contributed by atoms with E-state index in [9.17, 15) is 4.79 Å². The number of ether oxygens (including phenoxy) is 1. The van der Waals surface area contributed by atoms with Gasteiger partial charge < -0.3 is 10.1 Å². The van der Waals surface area contributed by atoms with Gasteiger partial charge in [0.05, 0.1) is 0 Å². The molecule has 3 rings (SSSR count). The van der Waals surface area contributed by atoms with Crippen LogP contribution in [0.1, 0.15) is 55.5 Å². The van der Waals surface area contributed by atoms with Crippen molar-refractivity contribution in [3.05, 3.63) is 52.5 Å². The van der Waals surface area contributed by atoms with Crippen molar-refractivity contribution in [2.45, 2.75) is 53.2 Å². The number of hydrogen-bond acceptors (Lipinski definition) is 5. The largest absolute Gasteiger partial charge is 0.444 e. The minimum Gasteiger partial charge on any atom is -0.444 e. The van der Waals surface area contributed by atoms with Crippen molar-refractivity contribution in [1.29, 1.82) is 0 Å². The Kier molecular flexibility index (Phi) is 5.17. The van der Waals surface area contributed by atoms with E-state index >= 15 is 0 Å². The van der Waals surface area contributed by atoms with Gasteiger partial charge in [0.15, 0.2) is 0 Å². The monoisotopic (exact) mass is 366 g/mol. The predicted octanol–water partition coefficient (Wildman–Crippen LogP) is 4.30. The first-order chi connectivity index (χ1) is 12.8. The van der Waals surface area contributed by atoms with Crippen molar-refractivity contribution in [3.8, 4) is 0 Å². The normalized spacial score (nSPS) is 13.3. The highest BCUT2D eigenvalue weighted by Gasteiger charge is 2.18. The van der Waals surface area contributed by atoms with E-state index in [1.54, 1.807) is 6.20 Å². The highest BCUT2D eigenvalue weighted by Crippen LogP contribution is 2.27. The van der Waals surface area contributed by atoms with Gasteiger partial charge in [-0.2, -0.15) is 0 Å². The van der Waals surface area contributed by atoms with E-state index in [0.717, 1.165) is 28.8 Å². The Morgan fingerprint density at radius 3 is 2.78 bits per heavy atom. The Balaban J connectivity index is 1.82. The molecule has 0 aliphatic carbocycles. The number of hydrogen-bond donors (Lipinski definition) is 2. The molecule has 3 heterocycles. The molecule has 0 unspecified atom stereocenters. The SMILES string of the molecule is CCc1cncc(C2=Cc3cnc(NC(=O)OC(C)(C)C)cc3CN2)c1C. The molecule has 2 aromatic rings. The fraction of sp³-hybridized carbons (Fsp3) is 0.381. The van der Waals surface area contributed by atoms with Gasteiger partial charge in [0.25, 0.3) is 0 Å². The fourth-order valence-corrected chi connectivity index (χ4v) is 3.03. The van der Waals surface area contributed by atoms with E-state index in [1.807, 2.05) is 39.2 Å². The molecule has 27 heavy (non-hydrogen) atoms. The van der Waals surface area contributed by atoms with Crippen LogP contribution in [-0.2, 0) is 17.7 Å². The summed E-state index contributed by atoms with van der Waals surface area (Å²) < 4.78 is 5.27. The third-order valence-corrected chi connectivity index (χ3v) is 4.41. The first-order valence-electron chi connectivity index (χ1n) is 9.15. The van der Waals surface area contributed by atoms with E-state index in [-0.39, 0.29) is 0 Å². The van der Waals surface area contributed by atoms with Crippen molar-refractivity contribution in [2.24, 2.45) is 0 Å². The van der Waals surface area contributed by atoms with Crippen LogP contribution in [0.15, 0.2) is 24.7 Å². The van der Waals surface area contributed by atoms with Crippen molar-refractivity contribution < 1.29 is 9.53 Å². The maximum Gasteiger partial charge on any atom is 0.413 e. The van der Waals surface area contributed by atoms with Crippen molar-refractivity contribution in [1.82, 2.24) is 15.3 Å². The number of anilines is 1. The van der Waals surface area contributed by atoms with Crippen LogP contribution >= 0.6 is 0 Å². The molecule has 0 aromatic carbocycles. The topological polar surface area (TPSA) is 76.1 Å². The quantitative estimate of drug-likeness (QED) is 0.847. The van der Waals surface area contributed by atoms with E-state index in [2.05, 4.69) is 40.5 Å². The summed E-state index contributed by atoms with van der Waals surface area (Å²) in [6.45, 7) is 10.4. The van der Waals surface area contributed by atoms with Crippen molar-refractivity contribution in [3.63, 3.8) is 0 Å². The summed E-state index contributed by atoms with van der Waals surface area (Å²) in [5.41, 5.74) is 6.18. The zero-order valence-electron chi connectivity index (χ0n) is 16.5. The lowest BCUT2D eigenvalue weighted by Gasteiger charge is -2.22. The van der Waals surface area contributed by atoms with Gasteiger partial charge >= 0.3 is 6.09 Å². The number of carbonyl (C=O) groups is 1. The number of carbonyl (C=O) groups excluding carboxylic acids is 1. The molecule has 0 atom stereocenters. The summed E-state index contributed by atoms with van der Waals surface area (Å²) in [7, 11) is 0. The van der Waals surface area contributed by atoms with Gasteiger partial charge in [-0.1, -0.05) is 6.92 Å². The van der Waals surface area contributed by atoms with Crippen LogP contribution < -0.4 is 10.6 Å². The fourth-order valence-electron chi connectivity index (χ4n) is 3.03. The lowest BCUT2D eigenvalue weighted by atomic mass is 9.97. The lowest BCUT2D eigenvalue weighted by Crippen LogP contribution is -2.27. The molecule has 0 saturated carbocycles. The van der Waals surface area contributed by atoms with Gasteiger partial charge in [-0.25, -0.2) is 9.78 Å². The molecule has 0 radical (unpaired) electrons. The number of amides is 1. The molecule has 0 bridgehead atoms. The second-order valence-corrected chi connectivity index (χ2v) is 7.63. The van der Waals surface area contributed by atoms with Gasteiger partial charge in [0, 0.05) is 36.4 Å². The van der Waals surface area contributed by atoms with Gasteiger partial charge in [-0.3, -0.25) is 10.3 Å². The Labute approximate surface area is 160 Å². The standard InChI is InChI=1S/C21H26N4O2/c1-6-14-9-22-12-17(13(14)2)18-7-15-11-24-19(8-16(15)10-23-18)25-20(26)27-21(3,4)5/h7-9,11-12,23H,6,10H2,1-5H3,(H,24,25,26). The summed E-state index contributed by atoms with van der Waals surface area (Å²) in [6.07, 6.45) is 8.11. The Morgan fingerprint density at radius 1 is 1.30 bits per heavy atom. The zero-order chi connectivity index (χ0) is 19.6. The number of pyridine rings is 2. The van der Waals surface area contributed by atoms with Gasteiger partial charge in [0.1, 0.15) is 11.4 Å². The number of rotatable bonds is 3. The predicted molar refractivity (Wildman–Crippen MR) is 107 cm³/mol. The molecule has 1 aliphatic heterocycles. The average molecular weight is 366 g/mol. The molecule has 1 aliphatic rings. The van der Waals surface area contributed by atoms with Crippen LogP contribution in [0.5, 0.6) is 0 Å². The third kappa shape index (κ3) is 4.45. The second kappa shape index (κ2) is 7.39. The molecule has 6 heteroatoms. The summed E-state index contributed by atoms with van der Waals surface area (Å²) in [5, 5.41) is 6.14. The third-order valence-electron chi connectivity index (χ3n) is 4.41. The maximum absolute atomic E-state index is 11.9. The summed E-state index contributed by atoms with van der Waals surface area (Å²) in [5.74, 6) is 0.479. The summed E-state index contributed by atoms with van der Waals surface area (Å²) in [4.78, 5) is 20.6.